The highest BCUT2D eigenvalue weighted by molar-refractivity contribution is 5.92. The summed E-state index contributed by atoms with van der Waals surface area (Å²) in [5.41, 5.74) is 6.33. The second-order valence-corrected chi connectivity index (χ2v) is 11.9. The Morgan fingerprint density at radius 2 is 1.70 bits per heavy atom. The molecule has 3 aromatic carbocycles. The minimum atomic E-state index is -0.174. The summed E-state index contributed by atoms with van der Waals surface area (Å²) in [6.07, 6.45) is 4.36. The quantitative estimate of drug-likeness (QED) is 0.183. The fraction of sp³-hybridized carbons (Fsp3) is 0.417. The summed E-state index contributed by atoms with van der Waals surface area (Å²) in [4.78, 5) is 32.3. The average molecular weight is 597 g/mol. The molecule has 1 saturated heterocycles. The van der Waals surface area contributed by atoms with Crippen molar-refractivity contribution in [2.45, 2.75) is 51.5 Å². The highest BCUT2D eigenvalue weighted by atomic mass is 16.5. The van der Waals surface area contributed by atoms with Gasteiger partial charge in [-0.15, -0.1) is 0 Å². The van der Waals surface area contributed by atoms with Crippen LogP contribution in [-0.4, -0.2) is 66.8 Å². The summed E-state index contributed by atoms with van der Waals surface area (Å²) in [7, 11) is 3.24. The van der Waals surface area contributed by atoms with E-state index in [1.54, 1.807) is 7.11 Å². The molecule has 8 heteroatoms. The lowest BCUT2D eigenvalue weighted by Crippen LogP contribution is -2.40. The van der Waals surface area contributed by atoms with Crippen LogP contribution in [-0.2, 0) is 32.0 Å². The molecule has 1 aromatic heterocycles. The molecule has 2 atom stereocenters. The number of benzene rings is 3. The highest BCUT2D eigenvalue weighted by Crippen LogP contribution is 2.31. The molecule has 44 heavy (non-hydrogen) atoms. The number of hydrogen-bond acceptors (Lipinski definition) is 5. The smallest absolute Gasteiger partial charge is 0.250 e. The maximum absolute atomic E-state index is 13.5. The van der Waals surface area contributed by atoms with Crippen LogP contribution in [0.1, 0.15) is 49.9 Å². The van der Waals surface area contributed by atoms with Crippen LogP contribution >= 0.6 is 0 Å². The highest BCUT2D eigenvalue weighted by Gasteiger charge is 2.29. The van der Waals surface area contributed by atoms with Gasteiger partial charge in [0.1, 0.15) is 12.4 Å². The van der Waals surface area contributed by atoms with E-state index in [1.165, 1.54) is 12.7 Å². The van der Waals surface area contributed by atoms with Crippen molar-refractivity contribution < 1.29 is 19.1 Å². The van der Waals surface area contributed by atoms with E-state index in [2.05, 4.69) is 64.2 Å². The molecular weight excluding hydrogens is 552 g/mol. The van der Waals surface area contributed by atoms with Crippen LogP contribution in [0, 0.1) is 5.92 Å². The lowest BCUT2D eigenvalue weighted by Gasteiger charge is -2.33. The third-order valence-corrected chi connectivity index (χ3v) is 8.39. The summed E-state index contributed by atoms with van der Waals surface area (Å²) in [5.74, 6) is 1.63. The van der Waals surface area contributed by atoms with E-state index in [4.69, 9.17) is 14.5 Å². The largest absolute Gasteiger partial charge is 0.385 e. The predicted molar refractivity (Wildman–Crippen MR) is 175 cm³/mol. The third kappa shape index (κ3) is 7.92. The fourth-order valence-corrected chi connectivity index (χ4v) is 6.23. The van der Waals surface area contributed by atoms with E-state index in [-0.39, 0.29) is 30.3 Å². The number of likely N-dealkylation sites (tertiary alicyclic amines) is 1. The number of piperidine rings is 1. The number of rotatable bonds is 13. The first-order valence-corrected chi connectivity index (χ1v) is 15.6. The van der Waals surface area contributed by atoms with Gasteiger partial charge in [0.25, 0.3) is 0 Å². The molecule has 1 fully saturated rings. The van der Waals surface area contributed by atoms with Crippen LogP contribution in [0.2, 0.25) is 0 Å². The van der Waals surface area contributed by atoms with Crippen LogP contribution in [0.3, 0.4) is 0 Å². The fourth-order valence-electron chi connectivity index (χ4n) is 6.23. The van der Waals surface area contributed by atoms with Crippen molar-refractivity contribution in [2.75, 3.05) is 45.8 Å². The Morgan fingerprint density at radius 1 is 0.977 bits per heavy atom. The number of methoxy groups -OCH3 is 2. The van der Waals surface area contributed by atoms with Crippen LogP contribution in [0.5, 0.6) is 0 Å². The van der Waals surface area contributed by atoms with Crippen LogP contribution in [0.25, 0.3) is 22.2 Å². The van der Waals surface area contributed by atoms with Crippen LogP contribution in [0.4, 0.5) is 5.69 Å². The Morgan fingerprint density at radius 3 is 2.43 bits per heavy atom. The van der Waals surface area contributed by atoms with E-state index in [9.17, 15) is 9.59 Å². The van der Waals surface area contributed by atoms with Crippen molar-refractivity contribution in [3.63, 3.8) is 0 Å². The number of aromatic nitrogens is 2. The monoisotopic (exact) mass is 596 g/mol. The normalized spacial score (nSPS) is 15.8. The van der Waals surface area contributed by atoms with Gasteiger partial charge in [-0.3, -0.25) is 9.59 Å². The van der Waals surface area contributed by atoms with Crippen molar-refractivity contribution in [3.05, 3.63) is 84.2 Å². The molecule has 0 spiro atoms. The average Bonchev–Trinajstić information content (AvgIpc) is 3.41. The Hall–Kier alpha value is -4.01. The van der Waals surface area contributed by atoms with Gasteiger partial charge in [-0.05, 0) is 72.6 Å². The minimum Gasteiger partial charge on any atom is -0.385 e. The molecule has 8 nitrogen and oxygen atoms in total. The number of fused-ring (bicyclic) bond motifs is 1. The number of amides is 2. The number of para-hydroxylation sites is 2. The van der Waals surface area contributed by atoms with Crippen LogP contribution < -0.4 is 5.32 Å². The second-order valence-electron chi connectivity index (χ2n) is 11.9. The van der Waals surface area contributed by atoms with Gasteiger partial charge in [0.05, 0.1) is 11.0 Å². The molecule has 1 aliphatic heterocycles. The van der Waals surface area contributed by atoms with Gasteiger partial charge in [-0.1, -0.05) is 55.5 Å². The lowest BCUT2D eigenvalue weighted by atomic mass is 9.93. The molecule has 0 saturated carbocycles. The number of ether oxygens (including phenoxy) is 2. The molecule has 0 unspecified atom stereocenters. The van der Waals surface area contributed by atoms with Crippen molar-refractivity contribution in [3.8, 4) is 11.1 Å². The number of aryl methyl sites for hydroxylation is 1. The van der Waals surface area contributed by atoms with Gasteiger partial charge in [-0.25, -0.2) is 4.98 Å². The molecule has 1 aliphatic rings. The second kappa shape index (κ2) is 15.1. The van der Waals surface area contributed by atoms with E-state index < -0.39 is 0 Å². The molecule has 0 radical (unpaired) electrons. The lowest BCUT2D eigenvalue weighted by molar-refractivity contribution is -0.133. The SMILES string of the molecule is COCCCn1c([C@@H]2CCCN(C(=O)C[C@H](C)Cc3ccc(-c4ccc(NC(=O)COC)cc4)cc3)C2)nc2ccccc21. The van der Waals surface area contributed by atoms with Gasteiger partial charge in [0.2, 0.25) is 11.8 Å². The van der Waals surface area contributed by atoms with Gasteiger partial charge in [0, 0.05) is 58.5 Å². The Bertz CT molecular complexity index is 1530. The topological polar surface area (TPSA) is 85.7 Å². The Balaban J connectivity index is 1.16. The van der Waals surface area contributed by atoms with Gasteiger partial charge in [-0.2, -0.15) is 0 Å². The van der Waals surface area contributed by atoms with E-state index in [1.807, 2.05) is 30.3 Å². The first-order chi connectivity index (χ1) is 21.4. The number of nitrogens with one attached hydrogen (secondary N) is 1. The first-order valence-electron chi connectivity index (χ1n) is 15.6. The zero-order chi connectivity index (χ0) is 30.9. The number of carbonyl (C=O) groups is 2. The summed E-state index contributed by atoms with van der Waals surface area (Å²) in [6.45, 7) is 5.32. The number of imidazole rings is 1. The number of carbonyl (C=O) groups excluding carboxylic acids is 2. The molecule has 0 aliphatic carbocycles. The van der Waals surface area contributed by atoms with Gasteiger partial charge in [0.15, 0.2) is 0 Å². The zero-order valence-electron chi connectivity index (χ0n) is 26.1. The molecule has 2 heterocycles. The molecule has 5 rings (SSSR count). The molecule has 4 aromatic rings. The maximum Gasteiger partial charge on any atom is 0.250 e. The standard InChI is InChI=1S/C36H44N4O4/c1-26(22-27-11-13-28(14-12-27)29-15-17-31(18-16-29)37-34(41)25-44-3)23-35(42)39-19-6-8-30(24-39)36-38-32-9-4-5-10-33(32)40(36)20-7-21-43-2/h4-5,9-18,26,30H,6-8,19-25H2,1-3H3,(H,37,41)/t26-,30-/m1/s1. The molecule has 1 N–H and O–H groups in total. The number of hydrogen-bond donors (Lipinski definition) is 1. The zero-order valence-corrected chi connectivity index (χ0v) is 26.1. The van der Waals surface area contributed by atoms with Crippen molar-refractivity contribution in [2.24, 2.45) is 5.92 Å². The predicted octanol–water partition coefficient (Wildman–Crippen LogP) is 6.30. The van der Waals surface area contributed by atoms with E-state index in [0.29, 0.717) is 13.0 Å². The van der Waals surface area contributed by atoms with Gasteiger partial charge >= 0.3 is 0 Å². The van der Waals surface area contributed by atoms with Crippen LogP contribution in [0.15, 0.2) is 72.8 Å². The van der Waals surface area contributed by atoms with Crippen molar-refractivity contribution >= 4 is 28.5 Å². The van der Waals surface area contributed by atoms with Crippen molar-refractivity contribution in [1.29, 1.82) is 0 Å². The van der Waals surface area contributed by atoms with Crippen molar-refractivity contribution in [1.82, 2.24) is 14.5 Å². The van der Waals surface area contributed by atoms with E-state index in [0.717, 1.165) is 79.0 Å². The van der Waals surface area contributed by atoms with E-state index >= 15 is 0 Å². The molecular formula is C36H44N4O4. The Labute approximate surface area is 260 Å². The number of anilines is 1. The summed E-state index contributed by atoms with van der Waals surface area (Å²) >= 11 is 0. The minimum absolute atomic E-state index is 0.0330. The summed E-state index contributed by atoms with van der Waals surface area (Å²) in [6, 6.07) is 24.6. The first kappa shape index (κ1) is 31.4. The third-order valence-electron chi connectivity index (χ3n) is 8.39. The Kier molecular flexibility index (Phi) is 10.8. The molecule has 232 valence electrons. The summed E-state index contributed by atoms with van der Waals surface area (Å²) < 4.78 is 12.5. The van der Waals surface area contributed by atoms with Gasteiger partial charge < -0.3 is 24.3 Å². The molecule has 2 amide bonds. The maximum atomic E-state index is 13.5. The molecule has 0 bridgehead atoms. The summed E-state index contributed by atoms with van der Waals surface area (Å²) in [5, 5.41) is 2.82. The number of nitrogens with zero attached hydrogens (tertiary/aromatic N) is 3.